The topological polar surface area (TPSA) is 80.3 Å². The Labute approximate surface area is 251 Å². The fourth-order valence-electron chi connectivity index (χ4n) is 7.88. The van der Waals surface area contributed by atoms with Crippen molar-refractivity contribution in [1.29, 1.82) is 0 Å². The van der Waals surface area contributed by atoms with Gasteiger partial charge < -0.3 is 23.7 Å². The van der Waals surface area contributed by atoms with Gasteiger partial charge in [-0.2, -0.15) is 0 Å². The van der Waals surface area contributed by atoms with Gasteiger partial charge in [-0.1, -0.05) is 84.9 Å². The van der Waals surface area contributed by atoms with Crippen molar-refractivity contribution in [3.8, 4) is 0 Å². The fourth-order valence-corrected chi connectivity index (χ4v) is 7.88. The lowest BCUT2D eigenvalue weighted by atomic mass is 9.45. The van der Waals surface area contributed by atoms with Crippen LogP contribution in [0.4, 0.5) is 0 Å². The maximum atomic E-state index is 14.5. The molecule has 0 N–H and O–H groups in total. The average molecular weight is 581 g/mol. The van der Waals surface area contributed by atoms with Gasteiger partial charge in [-0.25, -0.2) is 0 Å². The Balaban J connectivity index is 1.40. The summed E-state index contributed by atoms with van der Waals surface area (Å²) in [4.78, 5) is 27.7. The summed E-state index contributed by atoms with van der Waals surface area (Å²) in [5.41, 5.74) is 4.95. The van der Waals surface area contributed by atoms with E-state index in [1.807, 2.05) is 24.3 Å². The van der Waals surface area contributed by atoms with E-state index in [1.165, 1.54) is 0 Å². The van der Waals surface area contributed by atoms with Crippen molar-refractivity contribution in [3.05, 3.63) is 118 Å². The van der Waals surface area contributed by atoms with E-state index >= 15 is 0 Å². The number of cyclic esters (lactones) is 2. The number of carbonyl (C=O) groups is 2. The van der Waals surface area contributed by atoms with Crippen LogP contribution in [-0.4, -0.2) is 64.8 Å². The van der Waals surface area contributed by atoms with E-state index in [-0.39, 0.29) is 50.0 Å². The van der Waals surface area contributed by atoms with Gasteiger partial charge in [0.1, 0.15) is 18.6 Å². The molecule has 7 nitrogen and oxygen atoms in total. The first-order valence-electron chi connectivity index (χ1n) is 15.2. The minimum absolute atomic E-state index is 0.106. The zero-order chi connectivity index (χ0) is 29.3. The number of hydrogen-bond acceptors (Lipinski definition) is 7. The number of rotatable bonds is 0. The van der Waals surface area contributed by atoms with Crippen LogP contribution in [0.2, 0.25) is 0 Å². The number of carbonyl (C=O) groups excluding carboxylic acids is 2. The Morgan fingerprint density at radius 1 is 0.581 bits per heavy atom. The minimum atomic E-state index is -1.06. The lowest BCUT2D eigenvalue weighted by Crippen LogP contribution is -2.53. The second-order valence-electron chi connectivity index (χ2n) is 11.6. The van der Waals surface area contributed by atoms with Crippen molar-refractivity contribution in [3.63, 3.8) is 0 Å². The van der Waals surface area contributed by atoms with Crippen molar-refractivity contribution >= 4 is 11.9 Å². The van der Waals surface area contributed by atoms with E-state index < -0.39 is 10.8 Å². The quantitative estimate of drug-likeness (QED) is 0.275. The molecule has 0 fully saturated rings. The first kappa shape index (κ1) is 28.0. The standard InChI is InChI=1S/C36H36O7/c37-32-14-16-35-29-11-5-2-8-26(29)33(27-9-3-6-12-30(27)35)36(15-13-31(35)25-7-1-4-10-28(25)36)34(38)43-24-22-41-20-18-39-17-19-40-21-23-42-32/h1-13,15,31,33H,14,16-24H2. The van der Waals surface area contributed by atoms with Crippen molar-refractivity contribution in [1.82, 2.24) is 0 Å². The summed E-state index contributed by atoms with van der Waals surface area (Å²) in [6.07, 6.45) is 5.08. The Kier molecular flexibility index (Phi) is 7.63. The molecule has 2 atom stereocenters. The first-order chi connectivity index (χ1) is 21.2. The van der Waals surface area contributed by atoms with Crippen molar-refractivity contribution < 1.29 is 33.3 Å². The molecule has 7 heteroatoms. The summed E-state index contributed by atoms with van der Waals surface area (Å²) in [5, 5.41) is 0. The molecule has 3 aromatic carbocycles. The first-order valence-corrected chi connectivity index (χ1v) is 15.2. The molecule has 3 aromatic rings. The summed E-state index contributed by atoms with van der Waals surface area (Å²) >= 11 is 0. The molecule has 5 aliphatic rings. The molecule has 0 amide bonds. The van der Waals surface area contributed by atoms with Crippen LogP contribution in [0.25, 0.3) is 0 Å². The normalized spacial score (nSPS) is 29.2. The minimum Gasteiger partial charge on any atom is -0.463 e. The molecule has 0 saturated heterocycles. The number of esters is 2. The van der Waals surface area contributed by atoms with Crippen LogP contribution in [0.1, 0.15) is 58.1 Å². The van der Waals surface area contributed by atoms with Gasteiger partial charge in [0.2, 0.25) is 0 Å². The molecule has 1 heterocycles. The highest BCUT2D eigenvalue weighted by molar-refractivity contribution is 5.92. The Bertz CT molecular complexity index is 1500. The van der Waals surface area contributed by atoms with Gasteiger partial charge in [0.25, 0.3) is 0 Å². The largest absolute Gasteiger partial charge is 0.463 e. The summed E-state index contributed by atoms with van der Waals surface area (Å²) in [6.45, 7) is 2.55. The second kappa shape index (κ2) is 11.7. The predicted octanol–water partition coefficient (Wildman–Crippen LogP) is 4.95. The van der Waals surface area contributed by atoms with Gasteiger partial charge in [0, 0.05) is 23.7 Å². The van der Waals surface area contributed by atoms with Crippen LogP contribution in [0.5, 0.6) is 0 Å². The third-order valence-corrected chi connectivity index (χ3v) is 9.54. The zero-order valence-corrected chi connectivity index (χ0v) is 24.2. The van der Waals surface area contributed by atoms with Gasteiger partial charge in [-0.15, -0.1) is 0 Å². The van der Waals surface area contributed by atoms with E-state index in [4.69, 9.17) is 23.7 Å². The molecule has 43 heavy (non-hydrogen) atoms. The second-order valence-corrected chi connectivity index (χ2v) is 11.6. The predicted molar refractivity (Wildman–Crippen MR) is 159 cm³/mol. The summed E-state index contributed by atoms with van der Waals surface area (Å²) in [5.74, 6) is -0.957. The number of ether oxygens (including phenoxy) is 5. The maximum Gasteiger partial charge on any atom is 0.321 e. The van der Waals surface area contributed by atoms with E-state index in [1.54, 1.807) is 0 Å². The highest BCUT2D eigenvalue weighted by Crippen LogP contribution is 2.66. The monoisotopic (exact) mass is 580 g/mol. The molecular formula is C36H36O7. The molecular weight excluding hydrogens is 544 g/mol. The lowest BCUT2D eigenvalue weighted by Gasteiger charge is -2.56. The maximum absolute atomic E-state index is 14.5. The van der Waals surface area contributed by atoms with Crippen molar-refractivity contribution in [2.75, 3.05) is 52.9 Å². The third kappa shape index (κ3) is 4.53. The van der Waals surface area contributed by atoms with Gasteiger partial charge in [-0.3, -0.25) is 9.59 Å². The summed E-state index contributed by atoms with van der Waals surface area (Å²) in [6, 6.07) is 25.1. The molecule has 1 spiro atoms. The highest BCUT2D eigenvalue weighted by atomic mass is 16.6. The summed E-state index contributed by atoms with van der Waals surface area (Å²) < 4.78 is 28.5. The molecule has 0 radical (unpaired) electrons. The molecule has 222 valence electrons. The molecule has 1 aliphatic heterocycles. The number of hydrogen-bond donors (Lipinski definition) is 0. The molecule has 0 saturated carbocycles. The van der Waals surface area contributed by atoms with Crippen LogP contribution < -0.4 is 0 Å². The number of benzene rings is 3. The smallest absolute Gasteiger partial charge is 0.321 e. The van der Waals surface area contributed by atoms with Crippen LogP contribution >= 0.6 is 0 Å². The average Bonchev–Trinajstić information content (AvgIpc) is 3.03. The summed E-state index contributed by atoms with van der Waals surface area (Å²) in [7, 11) is 0. The van der Waals surface area contributed by atoms with Crippen LogP contribution in [0.3, 0.4) is 0 Å². The molecule has 4 aliphatic carbocycles. The van der Waals surface area contributed by atoms with E-state index in [2.05, 4.69) is 60.7 Å². The van der Waals surface area contributed by atoms with Crippen LogP contribution in [0.15, 0.2) is 84.9 Å². The molecule has 0 aromatic heterocycles. The lowest BCUT2D eigenvalue weighted by molar-refractivity contribution is -0.151. The molecule has 2 unspecified atom stereocenters. The molecule has 4 bridgehead atoms. The van der Waals surface area contributed by atoms with Gasteiger partial charge in [0.15, 0.2) is 0 Å². The number of allylic oxidation sites excluding steroid dienone is 1. The Morgan fingerprint density at radius 3 is 1.72 bits per heavy atom. The van der Waals surface area contributed by atoms with Gasteiger partial charge in [-0.05, 0) is 39.8 Å². The van der Waals surface area contributed by atoms with Crippen LogP contribution in [-0.2, 0) is 44.1 Å². The molecule has 8 rings (SSSR count). The van der Waals surface area contributed by atoms with E-state index in [9.17, 15) is 9.59 Å². The SMILES string of the molecule is O=C1CCC23c4ccccc4C(c4ccccc42)C2(C=CC3c3ccccc32)C(=O)OCCOCCOCCOCCO1. The highest BCUT2D eigenvalue weighted by Gasteiger charge is 2.61. The van der Waals surface area contributed by atoms with Crippen molar-refractivity contribution in [2.24, 2.45) is 0 Å². The van der Waals surface area contributed by atoms with E-state index in [0.717, 1.165) is 33.4 Å². The zero-order valence-electron chi connectivity index (χ0n) is 24.2. The van der Waals surface area contributed by atoms with Crippen molar-refractivity contribution in [2.45, 2.75) is 35.5 Å². The van der Waals surface area contributed by atoms with Gasteiger partial charge in [0.05, 0.1) is 39.6 Å². The Morgan fingerprint density at radius 2 is 1.09 bits per heavy atom. The fraction of sp³-hybridized carbons (Fsp3) is 0.389. The van der Waals surface area contributed by atoms with E-state index in [0.29, 0.717) is 39.5 Å². The van der Waals surface area contributed by atoms with Gasteiger partial charge >= 0.3 is 11.9 Å². The third-order valence-electron chi connectivity index (χ3n) is 9.54. The van der Waals surface area contributed by atoms with Crippen LogP contribution in [0, 0.1) is 0 Å². The Hall–Kier alpha value is -3.78.